The minimum absolute atomic E-state index is 0.116. The maximum atomic E-state index is 10.8. The van der Waals surface area contributed by atoms with E-state index in [2.05, 4.69) is 22.6 Å². The largest absolute Gasteiger partial charge is 0.478 e. The molecule has 0 aromatic rings. The van der Waals surface area contributed by atoms with E-state index in [0.717, 1.165) is 12.2 Å². The molecule has 2 N–H and O–H groups in total. The molecule has 120 valence electrons. The summed E-state index contributed by atoms with van der Waals surface area (Å²) in [5.41, 5.74) is 0. The van der Waals surface area contributed by atoms with E-state index in [-0.39, 0.29) is 13.2 Å². The molecule has 0 aliphatic rings. The lowest BCUT2D eigenvalue weighted by atomic mass is 10.5. The van der Waals surface area contributed by atoms with Crippen LogP contribution in [0, 0.1) is 0 Å². The average molecular weight is 312 g/mol. The van der Waals surface area contributed by atoms with Gasteiger partial charge in [0.15, 0.2) is 0 Å². The maximum absolute atomic E-state index is 10.8. The van der Waals surface area contributed by atoms with Crippen molar-refractivity contribution in [3.63, 3.8) is 0 Å². The average Bonchev–Trinajstić information content (AvgIpc) is 2.47. The predicted octanol–water partition coefficient (Wildman–Crippen LogP) is 0.713. The van der Waals surface area contributed by atoms with Gasteiger partial charge < -0.3 is 19.7 Å². The first-order valence-electron chi connectivity index (χ1n) is 5.70. The van der Waals surface area contributed by atoms with Crippen LogP contribution in [0.1, 0.15) is 0 Å². The van der Waals surface area contributed by atoms with Gasteiger partial charge in [0.05, 0.1) is 0 Å². The Morgan fingerprint density at radius 1 is 0.727 bits per heavy atom. The van der Waals surface area contributed by atoms with Crippen LogP contribution < -0.4 is 0 Å². The fourth-order valence-electron chi connectivity index (χ4n) is 0.657. The monoisotopic (exact) mass is 312 g/mol. The van der Waals surface area contributed by atoms with E-state index in [0.29, 0.717) is 12.2 Å². The molecule has 0 saturated heterocycles. The Labute approximate surface area is 126 Å². The number of ether oxygens (including phenoxy) is 2. The molecule has 22 heavy (non-hydrogen) atoms. The molecular formula is C14H16O8. The van der Waals surface area contributed by atoms with Crippen molar-refractivity contribution in [3.05, 3.63) is 49.6 Å². The van der Waals surface area contributed by atoms with Gasteiger partial charge in [0, 0.05) is 24.3 Å². The molecule has 0 bridgehead atoms. The molecule has 0 radical (unpaired) electrons. The molecule has 8 nitrogen and oxygen atoms in total. The number of hydrogen-bond donors (Lipinski definition) is 2. The third kappa shape index (κ3) is 19.2. The van der Waals surface area contributed by atoms with Crippen LogP contribution in [-0.2, 0) is 28.7 Å². The highest BCUT2D eigenvalue weighted by Crippen LogP contribution is 1.86. The molecule has 0 fully saturated rings. The van der Waals surface area contributed by atoms with Gasteiger partial charge in [-0.15, -0.1) is 0 Å². The normalized spacial score (nSPS) is 9.45. The van der Waals surface area contributed by atoms with Gasteiger partial charge in [0.2, 0.25) is 0 Å². The van der Waals surface area contributed by atoms with E-state index >= 15 is 0 Å². The van der Waals surface area contributed by atoms with Crippen molar-refractivity contribution < 1.29 is 38.9 Å². The second kappa shape index (κ2) is 14.3. The van der Waals surface area contributed by atoms with Crippen molar-refractivity contribution in [2.45, 2.75) is 0 Å². The minimum Gasteiger partial charge on any atom is -0.478 e. The van der Waals surface area contributed by atoms with Gasteiger partial charge in [-0.2, -0.15) is 0 Å². The summed E-state index contributed by atoms with van der Waals surface area (Å²) in [4.78, 5) is 40.7. The summed E-state index contributed by atoms with van der Waals surface area (Å²) in [6.45, 7) is 6.96. The zero-order valence-corrected chi connectivity index (χ0v) is 11.6. The SMILES string of the molecule is C=CCOC(=O)/C=C/C(=O)OCC=C.O=C(O)/C=C/C(=O)O. The summed E-state index contributed by atoms with van der Waals surface area (Å²) in [6, 6.07) is 0. The molecule has 0 unspecified atom stereocenters. The Kier molecular flexibility index (Phi) is 13.7. The number of carboxylic acid groups (broad SMARTS) is 2. The number of rotatable bonds is 8. The Bertz CT molecular complexity index is 431. The zero-order valence-electron chi connectivity index (χ0n) is 11.6. The molecule has 0 rings (SSSR count). The van der Waals surface area contributed by atoms with E-state index < -0.39 is 23.9 Å². The number of carboxylic acids is 2. The molecule has 0 amide bonds. The van der Waals surface area contributed by atoms with Gasteiger partial charge in [0.1, 0.15) is 13.2 Å². The molecule has 0 aromatic carbocycles. The number of hydrogen-bond acceptors (Lipinski definition) is 6. The van der Waals surface area contributed by atoms with Crippen LogP contribution in [0.15, 0.2) is 49.6 Å². The van der Waals surface area contributed by atoms with Crippen molar-refractivity contribution >= 4 is 23.9 Å². The first kappa shape index (κ1) is 21.1. The van der Waals surface area contributed by atoms with Gasteiger partial charge in [0.25, 0.3) is 0 Å². The van der Waals surface area contributed by atoms with Gasteiger partial charge >= 0.3 is 23.9 Å². The van der Waals surface area contributed by atoms with Crippen LogP contribution in [0.4, 0.5) is 0 Å². The smallest absolute Gasteiger partial charge is 0.331 e. The standard InChI is InChI=1S/C10H12O4.C4H4O4/c1-3-7-13-9(11)5-6-10(12)14-8-4-2;5-3(6)1-2-4(7)8/h3-6H,1-2,7-8H2;1-2H,(H,5,6)(H,7,8)/b6-5+;2-1+. The van der Waals surface area contributed by atoms with Crippen LogP contribution in [-0.4, -0.2) is 47.3 Å². The number of aliphatic carboxylic acids is 2. The summed E-state index contributed by atoms with van der Waals surface area (Å²) in [6.07, 6.45) is 5.97. The van der Waals surface area contributed by atoms with Crippen molar-refractivity contribution in [1.82, 2.24) is 0 Å². The first-order chi connectivity index (χ1) is 10.3. The predicted molar refractivity (Wildman–Crippen MR) is 75.9 cm³/mol. The number of esters is 2. The van der Waals surface area contributed by atoms with Crippen LogP contribution >= 0.6 is 0 Å². The van der Waals surface area contributed by atoms with Crippen LogP contribution in [0.25, 0.3) is 0 Å². The minimum atomic E-state index is -1.26. The van der Waals surface area contributed by atoms with Crippen LogP contribution in [0.3, 0.4) is 0 Å². The Hall–Kier alpha value is -3.16. The highest BCUT2D eigenvalue weighted by molar-refractivity contribution is 5.91. The summed E-state index contributed by atoms with van der Waals surface area (Å²) in [5, 5.41) is 15.6. The second-order valence-electron chi connectivity index (χ2n) is 3.18. The van der Waals surface area contributed by atoms with E-state index in [4.69, 9.17) is 10.2 Å². The lowest BCUT2D eigenvalue weighted by Gasteiger charge is -1.96. The van der Waals surface area contributed by atoms with Crippen molar-refractivity contribution in [2.75, 3.05) is 13.2 Å². The van der Waals surface area contributed by atoms with E-state index in [9.17, 15) is 19.2 Å². The highest BCUT2D eigenvalue weighted by Gasteiger charge is 1.98. The molecule has 8 heteroatoms. The Balaban J connectivity index is 0. The third-order valence-electron chi connectivity index (χ3n) is 1.41. The quantitative estimate of drug-likeness (QED) is 0.381. The van der Waals surface area contributed by atoms with E-state index in [1.54, 1.807) is 0 Å². The van der Waals surface area contributed by atoms with Gasteiger partial charge in [-0.3, -0.25) is 0 Å². The molecule has 0 atom stereocenters. The lowest BCUT2D eigenvalue weighted by molar-refractivity contribution is -0.139. The highest BCUT2D eigenvalue weighted by atomic mass is 16.5. The Morgan fingerprint density at radius 3 is 1.27 bits per heavy atom. The topological polar surface area (TPSA) is 127 Å². The molecule has 0 aromatic heterocycles. The van der Waals surface area contributed by atoms with Crippen LogP contribution in [0.5, 0.6) is 0 Å². The Morgan fingerprint density at radius 2 is 1.05 bits per heavy atom. The summed E-state index contributed by atoms with van der Waals surface area (Å²) >= 11 is 0. The van der Waals surface area contributed by atoms with Gasteiger partial charge in [-0.25, -0.2) is 19.2 Å². The summed E-state index contributed by atoms with van der Waals surface area (Å²) in [5.74, 6) is -3.74. The summed E-state index contributed by atoms with van der Waals surface area (Å²) in [7, 11) is 0. The molecule has 0 spiro atoms. The fourth-order valence-corrected chi connectivity index (χ4v) is 0.657. The molecular weight excluding hydrogens is 296 g/mol. The molecule has 0 saturated carbocycles. The van der Waals surface area contributed by atoms with E-state index in [1.807, 2.05) is 0 Å². The fraction of sp³-hybridized carbons (Fsp3) is 0.143. The van der Waals surface area contributed by atoms with Gasteiger partial charge in [-0.1, -0.05) is 25.3 Å². The maximum Gasteiger partial charge on any atom is 0.331 e. The lowest BCUT2D eigenvalue weighted by Crippen LogP contribution is -2.04. The van der Waals surface area contributed by atoms with Crippen molar-refractivity contribution in [2.24, 2.45) is 0 Å². The molecule has 0 aliphatic carbocycles. The second-order valence-corrected chi connectivity index (χ2v) is 3.18. The third-order valence-corrected chi connectivity index (χ3v) is 1.41. The van der Waals surface area contributed by atoms with E-state index in [1.165, 1.54) is 12.2 Å². The van der Waals surface area contributed by atoms with Crippen molar-refractivity contribution in [3.8, 4) is 0 Å². The number of carbonyl (C=O) groups is 4. The van der Waals surface area contributed by atoms with Crippen molar-refractivity contribution in [1.29, 1.82) is 0 Å². The molecule has 0 aliphatic heterocycles. The van der Waals surface area contributed by atoms with Gasteiger partial charge in [-0.05, 0) is 0 Å². The van der Waals surface area contributed by atoms with Crippen LogP contribution in [0.2, 0.25) is 0 Å². The zero-order chi connectivity index (χ0) is 17.4. The number of carbonyl (C=O) groups excluding carboxylic acids is 2. The first-order valence-corrected chi connectivity index (χ1v) is 5.70. The molecule has 0 heterocycles. The summed E-state index contributed by atoms with van der Waals surface area (Å²) < 4.78 is 9.15.